The number of hydrogen-bond acceptors (Lipinski definition) is 4. The number of hydrogen-bond donors (Lipinski definition) is 1. The molecular weight excluding hydrogens is 312 g/mol. The molecule has 6 heteroatoms. The van der Waals surface area contributed by atoms with Gasteiger partial charge in [-0.3, -0.25) is 0 Å². The van der Waals surface area contributed by atoms with Crippen LogP contribution in [0.1, 0.15) is 30.9 Å². The zero-order valence-electron chi connectivity index (χ0n) is 14.5. The van der Waals surface area contributed by atoms with Gasteiger partial charge in [0.25, 0.3) is 0 Å². The highest BCUT2D eigenvalue weighted by molar-refractivity contribution is 7.88. The molecule has 1 aromatic rings. The summed E-state index contributed by atoms with van der Waals surface area (Å²) in [4.78, 5) is 0. The summed E-state index contributed by atoms with van der Waals surface area (Å²) in [5.74, 6) is 0.966. The minimum Gasteiger partial charge on any atom is -0.491 e. The molecule has 1 aliphatic heterocycles. The quantitative estimate of drug-likeness (QED) is 0.861. The fraction of sp³-hybridized carbons (Fsp3) is 0.647. The Labute approximate surface area is 140 Å². The topological polar surface area (TPSA) is 58.6 Å². The Kier molecular flexibility index (Phi) is 6.06. The average molecular weight is 340 g/mol. The highest BCUT2D eigenvalue weighted by Crippen LogP contribution is 2.22. The summed E-state index contributed by atoms with van der Waals surface area (Å²) in [6.07, 6.45) is 2.98. The fourth-order valence-electron chi connectivity index (χ4n) is 3.04. The molecule has 130 valence electrons. The van der Waals surface area contributed by atoms with Gasteiger partial charge in [-0.05, 0) is 44.7 Å². The molecule has 1 fully saturated rings. The summed E-state index contributed by atoms with van der Waals surface area (Å²) in [6.45, 7) is 8.03. The van der Waals surface area contributed by atoms with Crippen LogP contribution in [0.25, 0.3) is 0 Å². The third-order valence-corrected chi connectivity index (χ3v) is 5.63. The number of piperidine rings is 1. The minimum absolute atomic E-state index is 0.226. The van der Waals surface area contributed by atoms with Crippen LogP contribution in [0.4, 0.5) is 0 Å². The van der Waals surface area contributed by atoms with Crippen LogP contribution < -0.4 is 10.1 Å². The Morgan fingerprint density at radius 3 is 2.35 bits per heavy atom. The van der Waals surface area contributed by atoms with Crippen LogP contribution in [-0.2, 0) is 10.0 Å². The smallest absolute Gasteiger partial charge is 0.211 e. The van der Waals surface area contributed by atoms with E-state index in [4.69, 9.17) is 4.74 Å². The lowest BCUT2D eigenvalue weighted by Crippen LogP contribution is -2.48. The number of aryl methyl sites for hydroxylation is 2. The van der Waals surface area contributed by atoms with Crippen molar-refractivity contribution < 1.29 is 13.2 Å². The highest BCUT2D eigenvalue weighted by Gasteiger charge is 2.25. The molecule has 0 aliphatic carbocycles. The lowest BCUT2D eigenvalue weighted by atomic mass is 10.1. The second-order valence-electron chi connectivity index (χ2n) is 6.54. The number of para-hydroxylation sites is 1. The number of benzene rings is 1. The van der Waals surface area contributed by atoms with Crippen LogP contribution in [0.15, 0.2) is 18.2 Å². The van der Waals surface area contributed by atoms with Crippen molar-refractivity contribution in [2.45, 2.75) is 45.7 Å². The maximum atomic E-state index is 11.5. The molecule has 1 saturated heterocycles. The molecule has 2 rings (SSSR count). The van der Waals surface area contributed by atoms with Crippen molar-refractivity contribution >= 4 is 10.0 Å². The van der Waals surface area contributed by atoms with Crippen LogP contribution in [0.2, 0.25) is 0 Å². The van der Waals surface area contributed by atoms with E-state index in [9.17, 15) is 8.42 Å². The van der Waals surface area contributed by atoms with E-state index in [2.05, 4.69) is 38.2 Å². The number of rotatable bonds is 6. The second kappa shape index (κ2) is 7.64. The molecule has 0 radical (unpaired) electrons. The predicted molar refractivity (Wildman–Crippen MR) is 93.4 cm³/mol. The van der Waals surface area contributed by atoms with Crippen LogP contribution in [0.3, 0.4) is 0 Å². The molecule has 0 bridgehead atoms. The van der Waals surface area contributed by atoms with Crippen molar-refractivity contribution in [2.24, 2.45) is 0 Å². The summed E-state index contributed by atoms with van der Waals surface area (Å²) in [7, 11) is -3.05. The van der Waals surface area contributed by atoms with Crippen molar-refractivity contribution in [3.05, 3.63) is 29.3 Å². The van der Waals surface area contributed by atoms with Gasteiger partial charge in [0.1, 0.15) is 12.4 Å². The zero-order valence-corrected chi connectivity index (χ0v) is 15.3. The summed E-state index contributed by atoms with van der Waals surface area (Å²) in [5, 5.41) is 3.55. The fourth-order valence-corrected chi connectivity index (χ4v) is 3.91. The van der Waals surface area contributed by atoms with Gasteiger partial charge in [0.05, 0.1) is 6.26 Å². The molecule has 1 heterocycles. The Bertz CT molecular complexity index is 602. The third-order valence-electron chi connectivity index (χ3n) is 4.33. The van der Waals surface area contributed by atoms with E-state index in [0.29, 0.717) is 25.7 Å². The monoisotopic (exact) mass is 340 g/mol. The van der Waals surface area contributed by atoms with Crippen molar-refractivity contribution in [2.75, 3.05) is 26.0 Å². The maximum absolute atomic E-state index is 11.5. The standard InChI is InChI=1S/C17H28N2O3S/c1-13-6-5-7-14(2)17(13)22-12-15(3)18-16-8-10-19(11-9-16)23(4,20)21/h5-7,15-16,18H,8-12H2,1-4H3/t15-/m0/s1. The first kappa shape index (κ1) is 18.2. The number of nitrogens with one attached hydrogen (secondary N) is 1. The van der Waals surface area contributed by atoms with Gasteiger partial charge < -0.3 is 10.1 Å². The molecule has 1 N–H and O–H groups in total. The third kappa shape index (κ3) is 5.19. The lowest BCUT2D eigenvalue weighted by Gasteiger charge is -2.32. The van der Waals surface area contributed by atoms with Crippen molar-refractivity contribution in [1.82, 2.24) is 9.62 Å². The maximum Gasteiger partial charge on any atom is 0.211 e. The Morgan fingerprint density at radius 1 is 1.26 bits per heavy atom. The van der Waals surface area contributed by atoms with Crippen LogP contribution >= 0.6 is 0 Å². The van der Waals surface area contributed by atoms with E-state index in [1.807, 2.05) is 6.07 Å². The van der Waals surface area contributed by atoms with Gasteiger partial charge in [0, 0.05) is 25.2 Å². The summed E-state index contributed by atoms with van der Waals surface area (Å²) in [6, 6.07) is 6.73. The largest absolute Gasteiger partial charge is 0.491 e. The Hall–Kier alpha value is -1.11. The van der Waals surface area contributed by atoms with E-state index in [1.54, 1.807) is 4.31 Å². The van der Waals surface area contributed by atoms with Crippen LogP contribution in [0, 0.1) is 13.8 Å². The molecule has 1 aromatic carbocycles. The zero-order chi connectivity index (χ0) is 17.0. The van der Waals surface area contributed by atoms with Crippen LogP contribution in [-0.4, -0.2) is 50.8 Å². The van der Waals surface area contributed by atoms with Crippen molar-refractivity contribution in [3.8, 4) is 5.75 Å². The second-order valence-corrected chi connectivity index (χ2v) is 8.52. The lowest BCUT2D eigenvalue weighted by molar-refractivity contribution is 0.228. The summed E-state index contributed by atoms with van der Waals surface area (Å²) in [5.41, 5.74) is 2.30. The van der Waals surface area contributed by atoms with E-state index in [0.717, 1.165) is 29.7 Å². The number of nitrogens with zero attached hydrogens (tertiary/aromatic N) is 1. The number of sulfonamides is 1. The minimum atomic E-state index is -3.05. The van der Waals surface area contributed by atoms with Gasteiger partial charge in [-0.1, -0.05) is 18.2 Å². The number of ether oxygens (including phenoxy) is 1. The molecule has 0 spiro atoms. The average Bonchev–Trinajstić information content (AvgIpc) is 2.46. The van der Waals surface area contributed by atoms with Gasteiger partial charge >= 0.3 is 0 Å². The van der Waals surface area contributed by atoms with E-state index in [-0.39, 0.29) is 6.04 Å². The Morgan fingerprint density at radius 2 is 1.83 bits per heavy atom. The molecule has 0 amide bonds. The van der Waals surface area contributed by atoms with Crippen LogP contribution in [0.5, 0.6) is 5.75 Å². The molecule has 0 aromatic heterocycles. The van der Waals surface area contributed by atoms with Crippen molar-refractivity contribution in [1.29, 1.82) is 0 Å². The molecule has 0 unspecified atom stereocenters. The predicted octanol–water partition coefficient (Wildman–Crippen LogP) is 2.08. The molecule has 0 saturated carbocycles. The van der Waals surface area contributed by atoms with Gasteiger partial charge in [0.2, 0.25) is 10.0 Å². The SMILES string of the molecule is Cc1cccc(C)c1OC[C@H](C)NC1CCN(S(C)(=O)=O)CC1. The molecule has 1 aliphatic rings. The van der Waals surface area contributed by atoms with Gasteiger partial charge in [-0.2, -0.15) is 0 Å². The van der Waals surface area contributed by atoms with E-state index >= 15 is 0 Å². The van der Waals surface area contributed by atoms with Gasteiger partial charge in [-0.25, -0.2) is 12.7 Å². The molecule has 5 nitrogen and oxygen atoms in total. The molecule has 1 atom stereocenters. The van der Waals surface area contributed by atoms with E-state index in [1.165, 1.54) is 6.26 Å². The first-order valence-corrected chi connectivity index (χ1v) is 10.0. The molecule has 23 heavy (non-hydrogen) atoms. The highest BCUT2D eigenvalue weighted by atomic mass is 32.2. The first-order chi connectivity index (χ1) is 10.8. The normalized spacial score (nSPS) is 18.8. The summed E-state index contributed by atoms with van der Waals surface area (Å²) < 4.78 is 30.6. The Balaban J connectivity index is 1.79. The summed E-state index contributed by atoms with van der Waals surface area (Å²) >= 11 is 0. The van der Waals surface area contributed by atoms with E-state index < -0.39 is 10.0 Å². The molecular formula is C17H28N2O3S. The van der Waals surface area contributed by atoms with Gasteiger partial charge in [-0.15, -0.1) is 0 Å². The van der Waals surface area contributed by atoms with Gasteiger partial charge in [0.15, 0.2) is 0 Å². The first-order valence-electron chi connectivity index (χ1n) is 8.17. The van der Waals surface area contributed by atoms with Crippen molar-refractivity contribution in [3.63, 3.8) is 0 Å².